The van der Waals surface area contributed by atoms with E-state index in [1.165, 1.54) is 10.9 Å². The molecule has 7 heteroatoms. The molecule has 4 nitrogen and oxygen atoms in total. The summed E-state index contributed by atoms with van der Waals surface area (Å²) >= 11 is 3.38. The molecule has 0 aliphatic carbocycles. The Bertz CT molecular complexity index is 1080. The van der Waals surface area contributed by atoms with Crippen molar-refractivity contribution >= 4 is 34.9 Å². The monoisotopic (exact) mass is 454 g/mol. The van der Waals surface area contributed by atoms with Crippen LogP contribution in [0.2, 0.25) is 0 Å². The third kappa shape index (κ3) is 4.99. The van der Waals surface area contributed by atoms with Crippen LogP contribution in [-0.2, 0) is 5.75 Å². The van der Waals surface area contributed by atoms with Crippen molar-refractivity contribution in [2.24, 2.45) is 0 Å². The minimum atomic E-state index is -0.378. The lowest BCUT2D eigenvalue weighted by Gasteiger charge is -2.35. The molecule has 2 amide bonds. The fourth-order valence-electron chi connectivity index (χ4n) is 3.50. The molecule has 0 unspecified atom stereocenters. The van der Waals surface area contributed by atoms with E-state index >= 15 is 0 Å². The van der Waals surface area contributed by atoms with E-state index in [1.54, 1.807) is 52.0 Å². The zero-order valence-corrected chi connectivity index (χ0v) is 18.8. The number of nitrogens with zero attached hydrogens (tertiary/aromatic N) is 2. The Balaban J connectivity index is 1.39. The van der Waals surface area contributed by atoms with Gasteiger partial charge >= 0.3 is 0 Å². The summed E-state index contributed by atoms with van der Waals surface area (Å²) in [6.45, 7) is 3.46. The lowest BCUT2D eigenvalue weighted by atomic mass is 10.1. The summed E-state index contributed by atoms with van der Waals surface area (Å²) in [7, 11) is 0. The molecular weight excluding hydrogens is 431 g/mol. The molecule has 2 heterocycles. The number of piperazine rings is 1. The van der Waals surface area contributed by atoms with Gasteiger partial charge in [0, 0.05) is 47.3 Å². The maximum Gasteiger partial charge on any atom is 0.255 e. The second-order valence-corrected chi connectivity index (χ2v) is 9.46. The van der Waals surface area contributed by atoms with Gasteiger partial charge in [0.1, 0.15) is 5.82 Å². The van der Waals surface area contributed by atoms with Gasteiger partial charge in [0.05, 0.1) is 5.56 Å². The lowest BCUT2D eigenvalue weighted by Crippen LogP contribution is -2.50. The van der Waals surface area contributed by atoms with Crippen LogP contribution in [0.15, 0.2) is 64.9 Å². The van der Waals surface area contributed by atoms with Crippen molar-refractivity contribution in [2.45, 2.75) is 17.6 Å². The first-order valence-electron chi connectivity index (χ1n) is 10.1. The van der Waals surface area contributed by atoms with E-state index in [0.717, 1.165) is 10.6 Å². The van der Waals surface area contributed by atoms with Gasteiger partial charge < -0.3 is 9.80 Å². The zero-order valence-electron chi connectivity index (χ0n) is 17.2. The smallest absolute Gasteiger partial charge is 0.255 e. The van der Waals surface area contributed by atoms with Crippen molar-refractivity contribution in [1.82, 2.24) is 9.80 Å². The molecule has 1 aliphatic rings. The van der Waals surface area contributed by atoms with E-state index in [1.807, 2.05) is 30.3 Å². The Morgan fingerprint density at radius 3 is 2.35 bits per heavy atom. The van der Waals surface area contributed by atoms with Crippen LogP contribution in [0.3, 0.4) is 0 Å². The molecule has 1 fully saturated rings. The Hall–Kier alpha value is -2.64. The topological polar surface area (TPSA) is 40.6 Å². The zero-order chi connectivity index (χ0) is 21.8. The van der Waals surface area contributed by atoms with Crippen molar-refractivity contribution in [2.75, 3.05) is 26.2 Å². The maximum absolute atomic E-state index is 13.8. The van der Waals surface area contributed by atoms with E-state index < -0.39 is 0 Å². The number of thioether (sulfide) groups is 1. The predicted molar refractivity (Wildman–Crippen MR) is 123 cm³/mol. The van der Waals surface area contributed by atoms with E-state index in [-0.39, 0.29) is 17.6 Å². The van der Waals surface area contributed by atoms with Gasteiger partial charge in [0.25, 0.3) is 11.8 Å². The van der Waals surface area contributed by atoms with Crippen molar-refractivity contribution in [3.63, 3.8) is 0 Å². The summed E-state index contributed by atoms with van der Waals surface area (Å²) < 4.78 is 13.8. The fraction of sp³-hybridized carbons (Fsp3) is 0.250. The third-order valence-electron chi connectivity index (χ3n) is 5.34. The Kier molecular flexibility index (Phi) is 6.73. The summed E-state index contributed by atoms with van der Waals surface area (Å²) in [6, 6.07) is 16.4. The first-order valence-corrected chi connectivity index (χ1v) is 12.0. The molecule has 3 aromatic rings. The Morgan fingerprint density at radius 1 is 0.968 bits per heavy atom. The number of hydrogen-bond donors (Lipinski definition) is 0. The molecule has 160 valence electrons. The van der Waals surface area contributed by atoms with Gasteiger partial charge in [0.15, 0.2) is 0 Å². The predicted octanol–water partition coefficient (Wildman–Crippen LogP) is 5.09. The van der Waals surface area contributed by atoms with Gasteiger partial charge in [-0.25, -0.2) is 4.39 Å². The van der Waals surface area contributed by atoms with Crippen LogP contribution in [0, 0.1) is 12.7 Å². The maximum atomic E-state index is 13.8. The van der Waals surface area contributed by atoms with E-state index in [9.17, 15) is 14.0 Å². The van der Waals surface area contributed by atoms with Crippen LogP contribution in [0.4, 0.5) is 4.39 Å². The number of amides is 2. The molecule has 0 spiro atoms. The van der Waals surface area contributed by atoms with Gasteiger partial charge in [-0.15, -0.1) is 23.1 Å². The van der Waals surface area contributed by atoms with Crippen LogP contribution >= 0.6 is 23.1 Å². The van der Waals surface area contributed by atoms with E-state index in [4.69, 9.17) is 0 Å². The van der Waals surface area contributed by atoms with Crippen molar-refractivity contribution in [1.29, 1.82) is 0 Å². The minimum absolute atomic E-state index is 0.0113. The van der Waals surface area contributed by atoms with Crippen LogP contribution in [0.5, 0.6) is 0 Å². The molecule has 0 N–H and O–H groups in total. The average Bonchev–Trinajstić information content (AvgIpc) is 3.32. The molecular formula is C24H23FN2O2S2. The Morgan fingerprint density at radius 2 is 1.68 bits per heavy atom. The van der Waals surface area contributed by atoms with Gasteiger partial charge in [-0.1, -0.05) is 24.3 Å². The first-order chi connectivity index (χ1) is 15.0. The van der Waals surface area contributed by atoms with Crippen LogP contribution < -0.4 is 0 Å². The lowest BCUT2D eigenvalue weighted by molar-refractivity contribution is 0.0533. The number of carbonyl (C=O) groups excluding carboxylic acids is 2. The van der Waals surface area contributed by atoms with Crippen LogP contribution in [0.1, 0.15) is 31.2 Å². The molecule has 31 heavy (non-hydrogen) atoms. The Labute approximate surface area is 189 Å². The molecule has 0 saturated carbocycles. The van der Waals surface area contributed by atoms with E-state index in [0.29, 0.717) is 42.9 Å². The number of thiophene rings is 1. The normalized spacial score (nSPS) is 14.0. The van der Waals surface area contributed by atoms with Crippen LogP contribution in [-0.4, -0.2) is 47.8 Å². The SMILES string of the molecule is Cc1ccc(C(=O)N2CCN(C(=O)c3ccccc3SCc3cccs3)CC2)cc1F. The highest BCUT2D eigenvalue weighted by Crippen LogP contribution is 2.29. The highest BCUT2D eigenvalue weighted by atomic mass is 32.2. The van der Waals surface area contributed by atoms with Gasteiger partial charge in [-0.05, 0) is 48.2 Å². The quantitative estimate of drug-likeness (QED) is 0.505. The second-order valence-electron chi connectivity index (χ2n) is 7.41. The van der Waals surface area contributed by atoms with Gasteiger partial charge in [0.2, 0.25) is 0 Å². The summed E-state index contributed by atoms with van der Waals surface area (Å²) in [5, 5.41) is 2.05. The number of rotatable bonds is 5. The average molecular weight is 455 g/mol. The van der Waals surface area contributed by atoms with E-state index in [2.05, 4.69) is 11.4 Å². The molecule has 1 aliphatic heterocycles. The second kappa shape index (κ2) is 9.66. The number of benzene rings is 2. The third-order valence-corrected chi connectivity index (χ3v) is 7.52. The molecule has 2 aromatic carbocycles. The number of hydrogen-bond acceptors (Lipinski definition) is 4. The molecule has 0 atom stereocenters. The fourth-order valence-corrected chi connectivity index (χ4v) is 5.32. The van der Waals surface area contributed by atoms with Gasteiger partial charge in [-0.2, -0.15) is 0 Å². The number of halogens is 1. The number of carbonyl (C=O) groups is 2. The summed E-state index contributed by atoms with van der Waals surface area (Å²) in [5.41, 5.74) is 1.56. The van der Waals surface area contributed by atoms with Crippen molar-refractivity contribution in [3.05, 3.63) is 87.4 Å². The summed E-state index contributed by atoms with van der Waals surface area (Å²) in [6.07, 6.45) is 0. The molecule has 1 saturated heterocycles. The van der Waals surface area contributed by atoms with Crippen molar-refractivity contribution < 1.29 is 14.0 Å². The van der Waals surface area contributed by atoms with Gasteiger partial charge in [-0.3, -0.25) is 9.59 Å². The number of aryl methyl sites for hydroxylation is 1. The first kappa shape index (κ1) is 21.6. The minimum Gasteiger partial charge on any atom is -0.335 e. The van der Waals surface area contributed by atoms with Crippen molar-refractivity contribution in [3.8, 4) is 0 Å². The molecule has 4 rings (SSSR count). The highest BCUT2D eigenvalue weighted by molar-refractivity contribution is 7.98. The standard InChI is InChI=1S/C24H23FN2O2S2/c1-17-8-9-18(15-21(17)25)23(28)26-10-12-27(13-11-26)24(29)20-6-2-3-7-22(20)31-16-19-5-4-14-30-19/h2-9,14-15H,10-13,16H2,1H3. The molecule has 1 aromatic heterocycles. The molecule has 0 bridgehead atoms. The van der Waals surface area contributed by atoms with Crippen LogP contribution in [0.25, 0.3) is 0 Å². The molecule has 0 radical (unpaired) electrons. The summed E-state index contributed by atoms with van der Waals surface area (Å²) in [5.74, 6) is 0.245. The highest BCUT2D eigenvalue weighted by Gasteiger charge is 2.27. The summed E-state index contributed by atoms with van der Waals surface area (Å²) in [4.78, 5) is 31.6. The largest absolute Gasteiger partial charge is 0.335 e.